The topological polar surface area (TPSA) is 76.4 Å². The number of aromatic carboxylic acids is 1. The molecule has 102 valence electrons. The van der Waals surface area contributed by atoms with Crippen molar-refractivity contribution in [2.24, 2.45) is 0 Å². The van der Waals surface area contributed by atoms with Crippen molar-refractivity contribution in [2.45, 2.75) is 13.0 Å². The normalized spacial score (nSPS) is 11.8. The van der Waals surface area contributed by atoms with E-state index in [1.165, 1.54) is 6.26 Å². The highest BCUT2D eigenvalue weighted by Gasteiger charge is 2.07. The van der Waals surface area contributed by atoms with Crippen LogP contribution < -0.4 is 0 Å². The fraction of sp³-hybridized carbons (Fsp3) is 0.308. The predicted octanol–water partition coefficient (Wildman–Crippen LogP) is 1.77. The van der Waals surface area contributed by atoms with E-state index in [9.17, 15) is 13.2 Å². The molecule has 19 heavy (non-hydrogen) atoms. The highest BCUT2D eigenvalue weighted by Crippen LogP contribution is 2.18. The largest absolute Gasteiger partial charge is 0.478 e. The maximum absolute atomic E-state index is 11.1. The monoisotopic (exact) mass is 281 g/mol. The second-order valence-electron chi connectivity index (χ2n) is 4.57. The maximum atomic E-state index is 11.1. The summed E-state index contributed by atoms with van der Waals surface area (Å²) in [5.41, 5.74) is 1.17. The number of rotatable bonds is 5. The molecule has 0 amide bonds. The lowest BCUT2D eigenvalue weighted by molar-refractivity contribution is 0.0697. The zero-order chi connectivity index (χ0) is 14.0. The van der Waals surface area contributed by atoms with Crippen molar-refractivity contribution in [1.29, 1.82) is 0 Å². The number of carbonyl (C=O) groups is 1. The van der Waals surface area contributed by atoms with Crippen LogP contribution in [0.3, 0.4) is 0 Å². The lowest BCUT2D eigenvalue weighted by Crippen LogP contribution is -2.06. The van der Waals surface area contributed by atoms with E-state index >= 15 is 0 Å². The first kappa shape index (κ1) is 13.6. The summed E-state index contributed by atoms with van der Waals surface area (Å²) in [5, 5.41) is 9.76. The molecule has 0 spiro atoms. The number of hydrogen-bond donors (Lipinski definition) is 1. The summed E-state index contributed by atoms with van der Waals surface area (Å²) < 4.78 is 24.1. The molecular weight excluding hydrogens is 266 g/mol. The third-order valence-electron chi connectivity index (χ3n) is 2.93. The molecule has 1 N–H and O–H groups in total. The van der Waals surface area contributed by atoms with Crippen LogP contribution in [0.1, 0.15) is 16.8 Å². The molecular formula is C13H15NO4S. The Morgan fingerprint density at radius 3 is 2.68 bits per heavy atom. The summed E-state index contributed by atoms with van der Waals surface area (Å²) in [7, 11) is -2.94. The SMILES string of the molecule is CS(=O)(=O)CCCn1ccc2cc(C(=O)O)ccc21. The molecule has 0 unspecified atom stereocenters. The quantitative estimate of drug-likeness (QED) is 0.906. The van der Waals surface area contributed by atoms with Gasteiger partial charge in [0, 0.05) is 29.9 Å². The van der Waals surface area contributed by atoms with Gasteiger partial charge >= 0.3 is 5.97 Å². The lowest BCUT2D eigenvalue weighted by atomic mass is 10.1. The Balaban J connectivity index is 2.19. The minimum absolute atomic E-state index is 0.153. The Hall–Kier alpha value is -1.82. The van der Waals surface area contributed by atoms with E-state index in [-0.39, 0.29) is 11.3 Å². The van der Waals surface area contributed by atoms with E-state index in [2.05, 4.69) is 0 Å². The van der Waals surface area contributed by atoms with Crippen LogP contribution in [0.5, 0.6) is 0 Å². The second-order valence-corrected chi connectivity index (χ2v) is 6.83. The first-order valence-electron chi connectivity index (χ1n) is 5.87. The number of benzene rings is 1. The van der Waals surface area contributed by atoms with Gasteiger partial charge in [0.1, 0.15) is 9.84 Å². The summed E-state index contributed by atoms with van der Waals surface area (Å²) >= 11 is 0. The highest BCUT2D eigenvalue weighted by molar-refractivity contribution is 7.90. The number of hydrogen-bond acceptors (Lipinski definition) is 3. The Bertz CT molecular complexity index is 715. The van der Waals surface area contributed by atoms with Gasteiger partial charge in [0.25, 0.3) is 0 Å². The van der Waals surface area contributed by atoms with Gasteiger partial charge in [-0.2, -0.15) is 0 Å². The number of aryl methyl sites for hydroxylation is 1. The molecule has 0 aliphatic rings. The van der Waals surface area contributed by atoms with Crippen LogP contribution in [-0.2, 0) is 16.4 Å². The van der Waals surface area contributed by atoms with Crippen LogP contribution in [-0.4, -0.2) is 36.1 Å². The van der Waals surface area contributed by atoms with Gasteiger partial charge in [-0.25, -0.2) is 13.2 Å². The summed E-state index contributed by atoms with van der Waals surface area (Å²) in [4.78, 5) is 10.9. The lowest BCUT2D eigenvalue weighted by Gasteiger charge is -2.05. The number of fused-ring (bicyclic) bond motifs is 1. The van der Waals surface area contributed by atoms with Gasteiger partial charge in [0.2, 0.25) is 0 Å². The molecule has 6 heteroatoms. The first-order valence-corrected chi connectivity index (χ1v) is 7.93. The third-order valence-corrected chi connectivity index (χ3v) is 3.96. The van der Waals surface area contributed by atoms with Gasteiger partial charge in [-0.1, -0.05) is 0 Å². The van der Waals surface area contributed by atoms with E-state index in [1.807, 2.05) is 16.8 Å². The molecule has 0 bridgehead atoms. The maximum Gasteiger partial charge on any atom is 0.335 e. The average molecular weight is 281 g/mol. The van der Waals surface area contributed by atoms with E-state index in [0.717, 1.165) is 10.9 Å². The van der Waals surface area contributed by atoms with Gasteiger partial charge in [-0.15, -0.1) is 0 Å². The van der Waals surface area contributed by atoms with Crippen molar-refractivity contribution in [3.8, 4) is 0 Å². The minimum atomic E-state index is -2.94. The van der Waals surface area contributed by atoms with Crippen LogP contribution in [0, 0.1) is 0 Å². The highest BCUT2D eigenvalue weighted by atomic mass is 32.2. The van der Waals surface area contributed by atoms with Crippen LogP contribution in [0.2, 0.25) is 0 Å². The summed E-state index contributed by atoms with van der Waals surface area (Å²) in [6, 6.07) is 6.75. The van der Waals surface area contributed by atoms with E-state index in [1.54, 1.807) is 18.2 Å². The van der Waals surface area contributed by atoms with E-state index in [4.69, 9.17) is 5.11 Å². The molecule has 0 saturated carbocycles. The van der Waals surface area contributed by atoms with Crippen LogP contribution >= 0.6 is 0 Å². The summed E-state index contributed by atoms with van der Waals surface area (Å²) in [6.45, 7) is 0.600. The molecule has 0 aliphatic heterocycles. The zero-order valence-electron chi connectivity index (χ0n) is 10.5. The van der Waals surface area contributed by atoms with Crippen molar-refractivity contribution < 1.29 is 18.3 Å². The van der Waals surface area contributed by atoms with Crippen molar-refractivity contribution in [3.05, 3.63) is 36.0 Å². The number of sulfone groups is 1. The molecule has 5 nitrogen and oxygen atoms in total. The Labute approximate surface area is 111 Å². The molecule has 0 radical (unpaired) electrons. The molecule has 1 heterocycles. The molecule has 0 saturated heterocycles. The van der Waals surface area contributed by atoms with Gasteiger partial charge in [-0.05, 0) is 30.7 Å². The molecule has 0 fully saturated rings. The van der Waals surface area contributed by atoms with Gasteiger partial charge in [-0.3, -0.25) is 0 Å². The first-order chi connectivity index (χ1) is 8.87. The average Bonchev–Trinajstić information content (AvgIpc) is 2.70. The Morgan fingerprint density at radius 1 is 1.32 bits per heavy atom. The molecule has 2 rings (SSSR count). The van der Waals surface area contributed by atoms with Gasteiger partial charge in [0.05, 0.1) is 11.3 Å². The fourth-order valence-corrected chi connectivity index (χ4v) is 2.68. The van der Waals surface area contributed by atoms with Gasteiger partial charge in [0.15, 0.2) is 0 Å². The fourth-order valence-electron chi connectivity index (χ4n) is 2.03. The third kappa shape index (κ3) is 3.35. The van der Waals surface area contributed by atoms with Crippen molar-refractivity contribution >= 4 is 26.7 Å². The Kier molecular flexibility index (Phi) is 3.61. The Morgan fingerprint density at radius 2 is 2.05 bits per heavy atom. The number of nitrogens with zero attached hydrogens (tertiary/aromatic N) is 1. The minimum Gasteiger partial charge on any atom is -0.478 e. The predicted molar refractivity (Wildman–Crippen MR) is 73.2 cm³/mol. The molecule has 1 aromatic carbocycles. The molecule has 2 aromatic rings. The van der Waals surface area contributed by atoms with E-state index < -0.39 is 15.8 Å². The van der Waals surface area contributed by atoms with Crippen LogP contribution in [0.25, 0.3) is 10.9 Å². The summed E-state index contributed by atoms with van der Waals surface area (Å²) in [5.74, 6) is -0.799. The molecule has 1 aromatic heterocycles. The summed E-state index contributed by atoms with van der Waals surface area (Å²) in [6.07, 6.45) is 3.61. The standard InChI is InChI=1S/C13H15NO4S/c1-19(17,18)8-2-6-14-7-5-10-9-11(13(15)16)3-4-12(10)14/h3-5,7,9H,2,6,8H2,1H3,(H,15,16). The molecule has 0 aliphatic carbocycles. The van der Waals surface area contributed by atoms with Crippen molar-refractivity contribution in [1.82, 2.24) is 4.57 Å². The number of carboxylic acid groups (broad SMARTS) is 1. The second kappa shape index (κ2) is 5.05. The number of carboxylic acids is 1. The molecule has 0 atom stereocenters. The zero-order valence-corrected chi connectivity index (χ0v) is 11.4. The van der Waals surface area contributed by atoms with Crippen LogP contribution in [0.4, 0.5) is 0 Å². The van der Waals surface area contributed by atoms with Crippen molar-refractivity contribution in [3.63, 3.8) is 0 Å². The van der Waals surface area contributed by atoms with Gasteiger partial charge < -0.3 is 9.67 Å². The van der Waals surface area contributed by atoms with Crippen molar-refractivity contribution in [2.75, 3.05) is 12.0 Å². The smallest absolute Gasteiger partial charge is 0.335 e. The van der Waals surface area contributed by atoms with Crippen LogP contribution in [0.15, 0.2) is 30.5 Å². The number of aromatic nitrogens is 1. The van der Waals surface area contributed by atoms with E-state index in [0.29, 0.717) is 13.0 Å².